The third-order valence-corrected chi connectivity index (χ3v) is 11.1. The second-order valence-electron chi connectivity index (χ2n) is 14.0. The van der Waals surface area contributed by atoms with Crippen LogP contribution in [0.25, 0.3) is 98.7 Å². The van der Waals surface area contributed by atoms with Crippen molar-refractivity contribution in [3.63, 3.8) is 0 Å². The van der Waals surface area contributed by atoms with Crippen LogP contribution >= 0.6 is 0 Å². The van der Waals surface area contributed by atoms with Gasteiger partial charge in [-0.25, -0.2) is 0 Å². The first-order valence-corrected chi connectivity index (χ1v) is 18.3. The average molecular weight is 673 g/mol. The summed E-state index contributed by atoms with van der Waals surface area (Å²) < 4.78 is 6.56. The van der Waals surface area contributed by atoms with Gasteiger partial charge < -0.3 is 4.74 Å². The predicted molar refractivity (Wildman–Crippen MR) is 224 cm³/mol. The molecule has 0 atom stereocenters. The molecule has 0 aromatic heterocycles. The summed E-state index contributed by atoms with van der Waals surface area (Å²) in [6.07, 6.45) is 0. The van der Waals surface area contributed by atoms with Crippen LogP contribution in [0, 0.1) is 0 Å². The Morgan fingerprint density at radius 2 is 0.811 bits per heavy atom. The van der Waals surface area contributed by atoms with Gasteiger partial charge in [0.15, 0.2) is 0 Å². The van der Waals surface area contributed by atoms with Gasteiger partial charge in [0.25, 0.3) is 0 Å². The zero-order chi connectivity index (χ0) is 34.9. The lowest BCUT2D eigenvalue weighted by Crippen LogP contribution is -1.98. The Morgan fingerprint density at radius 3 is 1.57 bits per heavy atom. The number of hydrogen-bond donors (Lipinski definition) is 0. The van der Waals surface area contributed by atoms with Crippen molar-refractivity contribution < 1.29 is 4.74 Å². The van der Waals surface area contributed by atoms with E-state index in [0.717, 1.165) is 22.4 Å². The summed E-state index contributed by atoms with van der Waals surface area (Å²) in [6, 6.07) is 70.4. The fourth-order valence-electron chi connectivity index (χ4n) is 8.68. The molecule has 1 heterocycles. The summed E-state index contributed by atoms with van der Waals surface area (Å²) in [7, 11) is 0. The van der Waals surface area contributed by atoms with Crippen molar-refractivity contribution in [1.82, 2.24) is 0 Å². The minimum Gasteiger partial charge on any atom is -0.456 e. The first kappa shape index (κ1) is 29.7. The molecular weight excluding hydrogens is 641 g/mol. The van der Waals surface area contributed by atoms with Crippen LogP contribution in [0.1, 0.15) is 0 Å². The maximum atomic E-state index is 6.56. The van der Waals surface area contributed by atoms with Gasteiger partial charge in [0.1, 0.15) is 11.5 Å². The van der Waals surface area contributed by atoms with Crippen molar-refractivity contribution in [3.8, 4) is 67.1 Å². The van der Waals surface area contributed by atoms with Gasteiger partial charge >= 0.3 is 0 Å². The number of benzene rings is 10. The Labute approximate surface area is 308 Å². The highest BCUT2D eigenvalue weighted by Gasteiger charge is 2.23. The highest BCUT2D eigenvalue weighted by molar-refractivity contribution is 6.23. The van der Waals surface area contributed by atoms with Gasteiger partial charge in [-0.05, 0) is 106 Å². The molecule has 53 heavy (non-hydrogen) atoms. The molecule has 0 saturated carbocycles. The highest BCUT2D eigenvalue weighted by atomic mass is 16.5. The van der Waals surface area contributed by atoms with Crippen LogP contribution in [0.15, 0.2) is 194 Å². The van der Waals surface area contributed by atoms with Crippen molar-refractivity contribution in [3.05, 3.63) is 194 Å². The minimum absolute atomic E-state index is 0.896. The third-order valence-electron chi connectivity index (χ3n) is 11.1. The van der Waals surface area contributed by atoms with E-state index in [1.807, 2.05) is 0 Å². The number of ether oxygens (including phenoxy) is 1. The quantitative estimate of drug-likeness (QED) is 0.169. The van der Waals surface area contributed by atoms with Crippen LogP contribution < -0.4 is 4.74 Å². The van der Waals surface area contributed by atoms with E-state index in [-0.39, 0.29) is 0 Å². The fraction of sp³-hybridized carbons (Fsp3) is 0. The largest absolute Gasteiger partial charge is 0.456 e. The Balaban J connectivity index is 1.06. The zero-order valence-corrected chi connectivity index (χ0v) is 28.9. The van der Waals surface area contributed by atoms with Crippen LogP contribution in [-0.2, 0) is 0 Å². The number of hydrogen-bond acceptors (Lipinski definition) is 1. The summed E-state index contributed by atoms with van der Waals surface area (Å²) in [5.74, 6) is 1.80. The maximum absolute atomic E-state index is 6.56. The second kappa shape index (κ2) is 11.8. The molecule has 1 heteroatoms. The van der Waals surface area contributed by atoms with E-state index in [2.05, 4.69) is 194 Å². The zero-order valence-electron chi connectivity index (χ0n) is 28.9. The van der Waals surface area contributed by atoms with Gasteiger partial charge in [-0.3, -0.25) is 0 Å². The van der Waals surface area contributed by atoms with E-state index < -0.39 is 0 Å². The number of fused-ring (bicyclic) bond motifs is 5. The van der Waals surface area contributed by atoms with Crippen LogP contribution in [0.4, 0.5) is 0 Å². The summed E-state index contributed by atoms with van der Waals surface area (Å²) in [5.41, 5.74) is 12.1. The predicted octanol–water partition coefficient (Wildman–Crippen LogP) is 14.7. The molecule has 1 aliphatic rings. The molecule has 1 aliphatic heterocycles. The molecule has 10 aromatic carbocycles. The van der Waals surface area contributed by atoms with Crippen LogP contribution in [0.5, 0.6) is 11.5 Å². The molecule has 0 fully saturated rings. The first-order valence-electron chi connectivity index (χ1n) is 18.3. The van der Waals surface area contributed by atoms with Gasteiger partial charge in [-0.2, -0.15) is 0 Å². The van der Waals surface area contributed by atoms with E-state index in [9.17, 15) is 0 Å². The molecule has 11 rings (SSSR count). The average Bonchev–Trinajstić information content (AvgIpc) is 3.23. The first-order chi connectivity index (χ1) is 26.3. The van der Waals surface area contributed by atoms with Gasteiger partial charge in [-0.15, -0.1) is 0 Å². The molecule has 246 valence electrons. The van der Waals surface area contributed by atoms with Crippen molar-refractivity contribution in [2.24, 2.45) is 0 Å². The summed E-state index contributed by atoms with van der Waals surface area (Å²) in [6.45, 7) is 0. The Hall–Kier alpha value is -6.96. The molecule has 0 saturated heterocycles. The molecule has 0 unspecified atom stereocenters. The topological polar surface area (TPSA) is 9.23 Å². The Bertz CT molecular complexity index is 3000. The lowest BCUT2D eigenvalue weighted by Gasteiger charge is -2.23. The summed E-state index contributed by atoms with van der Waals surface area (Å²) in [5, 5.41) is 9.93. The van der Waals surface area contributed by atoms with Gasteiger partial charge in [0, 0.05) is 10.9 Å². The molecule has 0 bridgehead atoms. The Kier molecular flexibility index (Phi) is 6.62. The molecule has 0 radical (unpaired) electrons. The fourth-order valence-corrected chi connectivity index (χ4v) is 8.68. The van der Waals surface area contributed by atoms with E-state index in [1.165, 1.54) is 87.8 Å². The van der Waals surface area contributed by atoms with E-state index in [4.69, 9.17) is 4.74 Å². The molecule has 0 spiro atoms. The summed E-state index contributed by atoms with van der Waals surface area (Å²) in [4.78, 5) is 0. The van der Waals surface area contributed by atoms with Crippen molar-refractivity contribution in [1.29, 1.82) is 0 Å². The Morgan fingerprint density at radius 1 is 0.264 bits per heavy atom. The van der Waals surface area contributed by atoms with Gasteiger partial charge in [0.2, 0.25) is 0 Å². The monoisotopic (exact) mass is 672 g/mol. The second-order valence-corrected chi connectivity index (χ2v) is 14.0. The standard InChI is InChI=1S/C52H32O/c1-2-12-33(13-3-1)37-28-30-48-47(32-37)46-23-11-22-41-39(29-31-49(53-48)52(41)46)35-24-26-36(27-25-35)50-42-17-6-8-19-44(42)51(45-20-9-7-18-43(45)50)40-21-10-15-34-14-4-5-16-38(34)40/h1-32H. The lowest BCUT2D eigenvalue weighted by atomic mass is 9.84. The number of rotatable bonds is 4. The normalized spacial score (nSPS) is 11.9. The minimum atomic E-state index is 0.896. The molecule has 0 amide bonds. The van der Waals surface area contributed by atoms with E-state index in [0.29, 0.717) is 0 Å². The van der Waals surface area contributed by atoms with Crippen molar-refractivity contribution in [2.75, 3.05) is 0 Å². The lowest BCUT2D eigenvalue weighted by molar-refractivity contribution is 0.487. The van der Waals surface area contributed by atoms with Crippen LogP contribution in [-0.4, -0.2) is 0 Å². The van der Waals surface area contributed by atoms with E-state index in [1.54, 1.807) is 0 Å². The van der Waals surface area contributed by atoms with Crippen LogP contribution in [0.3, 0.4) is 0 Å². The molecule has 0 aliphatic carbocycles. The van der Waals surface area contributed by atoms with Gasteiger partial charge in [0.05, 0.1) is 0 Å². The SMILES string of the molecule is c1ccc(-c2ccc3c(c2)-c2cccc4c(-c5ccc(-c6c7ccccc7c(-c7cccc8ccccc78)c7ccccc67)cc5)ccc(c24)O3)cc1. The third kappa shape index (κ3) is 4.64. The van der Waals surface area contributed by atoms with Crippen molar-refractivity contribution >= 4 is 43.1 Å². The van der Waals surface area contributed by atoms with Crippen LogP contribution in [0.2, 0.25) is 0 Å². The molecular formula is C52H32O. The molecule has 10 aromatic rings. The maximum Gasteiger partial charge on any atom is 0.135 e. The highest BCUT2D eigenvalue weighted by Crippen LogP contribution is 2.50. The smallest absolute Gasteiger partial charge is 0.135 e. The summed E-state index contributed by atoms with van der Waals surface area (Å²) >= 11 is 0. The van der Waals surface area contributed by atoms with Crippen molar-refractivity contribution in [2.45, 2.75) is 0 Å². The molecule has 1 nitrogen and oxygen atoms in total. The van der Waals surface area contributed by atoms with Gasteiger partial charge in [-0.1, -0.05) is 176 Å². The van der Waals surface area contributed by atoms with E-state index >= 15 is 0 Å². The molecule has 0 N–H and O–H groups in total.